The molecule has 7 nitrogen and oxygen atoms in total. The Hall–Kier alpha value is -1.06. The molecule has 0 aromatic rings. The number of aliphatic hydroxyl groups excluding tert-OH is 1. The second kappa shape index (κ2) is 9.66. The second-order valence-electron chi connectivity index (χ2n) is 9.66. The van der Waals surface area contributed by atoms with Crippen LogP contribution in [0.25, 0.3) is 0 Å². The summed E-state index contributed by atoms with van der Waals surface area (Å²) in [5.41, 5.74) is 0. The number of carbonyl (C=O) groups is 3. The molecule has 3 aliphatic rings. The standard InChI is InChI=1S/C23H35BrN2O5S/c1-6-8-13(5)25(9-7-2)21(29)19-23-10-14(24)18(32-23)16(22(30)31)17(23)20(28)26(19)15(11-27)12(3)4/h7,12-19,27H,2,6,8-11H2,1,3-5H3,(H,30,31)/t13?,14?,15-,16-,17-,18-,19?,23?/m0/s1. The number of rotatable bonds is 10. The van der Waals surface area contributed by atoms with Gasteiger partial charge in [0.15, 0.2) is 0 Å². The first-order valence-corrected chi connectivity index (χ1v) is 13.3. The molecule has 0 aromatic carbocycles. The minimum Gasteiger partial charge on any atom is -0.481 e. The van der Waals surface area contributed by atoms with Crippen molar-refractivity contribution < 1.29 is 24.6 Å². The Morgan fingerprint density at radius 1 is 1.41 bits per heavy atom. The van der Waals surface area contributed by atoms with Crippen LogP contribution in [0.1, 0.15) is 47.0 Å². The van der Waals surface area contributed by atoms with E-state index in [2.05, 4.69) is 29.4 Å². The molecule has 8 atom stereocenters. The van der Waals surface area contributed by atoms with Gasteiger partial charge < -0.3 is 20.0 Å². The van der Waals surface area contributed by atoms with Gasteiger partial charge >= 0.3 is 5.97 Å². The van der Waals surface area contributed by atoms with E-state index < -0.39 is 34.6 Å². The highest BCUT2D eigenvalue weighted by Crippen LogP contribution is 2.68. The largest absolute Gasteiger partial charge is 0.481 e. The maximum absolute atomic E-state index is 14.2. The van der Waals surface area contributed by atoms with E-state index in [1.54, 1.807) is 15.9 Å². The van der Waals surface area contributed by atoms with Crippen molar-refractivity contribution in [1.29, 1.82) is 0 Å². The quantitative estimate of drug-likeness (QED) is 0.333. The molecule has 180 valence electrons. The number of carboxylic acids is 1. The first-order valence-electron chi connectivity index (χ1n) is 11.5. The Kier molecular flexibility index (Phi) is 7.72. The normalized spacial score (nSPS) is 35.2. The van der Waals surface area contributed by atoms with Crippen LogP contribution in [-0.4, -0.2) is 83.9 Å². The SMILES string of the molecule is C=CCN(C(=O)C1N([C@@H](CO)C(C)C)C(=O)[C@@H]2[C@H](C(=O)O)[C@H]3SC12CC3Br)C(C)CCC. The van der Waals surface area contributed by atoms with Crippen LogP contribution in [0.2, 0.25) is 0 Å². The van der Waals surface area contributed by atoms with Crippen LogP contribution >= 0.6 is 27.7 Å². The Balaban J connectivity index is 2.14. The number of carbonyl (C=O) groups excluding carboxylic acids is 2. The summed E-state index contributed by atoms with van der Waals surface area (Å²) in [6.07, 6.45) is 3.98. The van der Waals surface area contributed by atoms with Gasteiger partial charge in [-0.2, -0.15) is 0 Å². The second-order valence-corrected chi connectivity index (χ2v) is 12.4. The number of likely N-dealkylation sites (tertiary alicyclic amines) is 1. The lowest BCUT2D eigenvalue weighted by Crippen LogP contribution is -2.59. The molecule has 32 heavy (non-hydrogen) atoms. The van der Waals surface area contributed by atoms with Gasteiger partial charge in [0.1, 0.15) is 6.04 Å². The molecule has 3 aliphatic heterocycles. The van der Waals surface area contributed by atoms with Crippen molar-refractivity contribution in [3.8, 4) is 0 Å². The lowest BCUT2D eigenvalue weighted by atomic mass is 9.71. The smallest absolute Gasteiger partial charge is 0.308 e. The van der Waals surface area contributed by atoms with Crippen LogP contribution in [0.15, 0.2) is 12.7 Å². The maximum atomic E-state index is 14.2. The zero-order chi connectivity index (χ0) is 24.0. The van der Waals surface area contributed by atoms with Gasteiger partial charge in [0.05, 0.1) is 29.2 Å². The molecule has 0 radical (unpaired) electrons. The van der Waals surface area contributed by atoms with Gasteiger partial charge in [-0.05, 0) is 25.7 Å². The summed E-state index contributed by atoms with van der Waals surface area (Å²) in [4.78, 5) is 43.5. The number of fused-ring (bicyclic) bond motifs is 1. The Labute approximate surface area is 203 Å². The molecule has 3 fully saturated rings. The van der Waals surface area contributed by atoms with Gasteiger partial charge in [-0.1, -0.05) is 49.2 Å². The summed E-state index contributed by atoms with van der Waals surface area (Å²) >= 11 is 5.15. The number of hydrogen-bond donors (Lipinski definition) is 2. The Morgan fingerprint density at radius 2 is 2.06 bits per heavy atom. The minimum absolute atomic E-state index is 0.0387. The van der Waals surface area contributed by atoms with E-state index in [9.17, 15) is 24.6 Å². The third-order valence-corrected chi connectivity index (χ3v) is 10.6. The minimum atomic E-state index is -0.993. The zero-order valence-electron chi connectivity index (χ0n) is 19.2. The average molecular weight is 532 g/mol. The molecule has 0 aromatic heterocycles. The van der Waals surface area contributed by atoms with Gasteiger partial charge in [0, 0.05) is 22.7 Å². The van der Waals surface area contributed by atoms with E-state index >= 15 is 0 Å². The van der Waals surface area contributed by atoms with E-state index in [4.69, 9.17) is 0 Å². The highest BCUT2D eigenvalue weighted by Gasteiger charge is 2.76. The number of aliphatic carboxylic acids is 1. The third kappa shape index (κ3) is 3.82. The monoisotopic (exact) mass is 530 g/mol. The summed E-state index contributed by atoms with van der Waals surface area (Å²) in [5.74, 6) is -3.16. The number of amides is 2. The van der Waals surface area contributed by atoms with E-state index in [1.807, 2.05) is 20.8 Å². The predicted molar refractivity (Wildman–Crippen MR) is 129 cm³/mol. The van der Waals surface area contributed by atoms with Crippen molar-refractivity contribution in [3.05, 3.63) is 12.7 Å². The molecule has 3 saturated heterocycles. The fourth-order valence-corrected chi connectivity index (χ4v) is 9.55. The summed E-state index contributed by atoms with van der Waals surface area (Å²) in [7, 11) is 0. The lowest BCUT2D eigenvalue weighted by Gasteiger charge is -2.42. The van der Waals surface area contributed by atoms with E-state index in [1.165, 1.54) is 11.8 Å². The van der Waals surface area contributed by atoms with Crippen molar-refractivity contribution in [2.45, 2.75) is 79.9 Å². The van der Waals surface area contributed by atoms with Gasteiger partial charge in [-0.15, -0.1) is 18.3 Å². The highest BCUT2D eigenvalue weighted by molar-refractivity contribution is 9.09. The number of thioether (sulfide) groups is 1. The summed E-state index contributed by atoms with van der Waals surface area (Å²) < 4.78 is -0.816. The molecule has 3 rings (SSSR count). The van der Waals surface area contributed by atoms with Crippen LogP contribution in [0.5, 0.6) is 0 Å². The van der Waals surface area contributed by atoms with E-state index in [0.29, 0.717) is 13.0 Å². The van der Waals surface area contributed by atoms with Crippen LogP contribution < -0.4 is 0 Å². The zero-order valence-corrected chi connectivity index (χ0v) is 21.6. The Morgan fingerprint density at radius 3 is 2.56 bits per heavy atom. The molecule has 1 spiro atoms. The molecule has 2 amide bonds. The van der Waals surface area contributed by atoms with Gasteiger partial charge in [-0.3, -0.25) is 14.4 Å². The van der Waals surface area contributed by atoms with Crippen LogP contribution in [0.4, 0.5) is 0 Å². The first kappa shape index (κ1) is 25.6. The third-order valence-electron chi connectivity index (χ3n) is 7.41. The molecule has 2 N–H and O–H groups in total. The lowest BCUT2D eigenvalue weighted by molar-refractivity contribution is -0.150. The van der Waals surface area contributed by atoms with Crippen molar-refractivity contribution in [2.24, 2.45) is 17.8 Å². The molecule has 0 aliphatic carbocycles. The molecule has 4 unspecified atom stereocenters. The van der Waals surface area contributed by atoms with Crippen molar-refractivity contribution >= 4 is 45.5 Å². The maximum Gasteiger partial charge on any atom is 0.308 e. The number of nitrogens with zero attached hydrogens (tertiary/aromatic N) is 2. The number of alkyl halides is 1. The van der Waals surface area contributed by atoms with Crippen molar-refractivity contribution in [1.82, 2.24) is 9.80 Å². The summed E-state index contributed by atoms with van der Waals surface area (Å²) in [6.45, 7) is 11.8. The van der Waals surface area contributed by atoms with Crippen molar-refractivity contribution in [2.75, 3.05) is 13.2 Å². The van der Waals surface area contributed by atoms with Crippen molar-refractivity contribution in [3.63, 3.8) is 0 Å². The molecular weight excluding hydrogens is 496 g/mol. The van der Waals surface area contributed by atoms with Gasteiger partial charge in [0.25, 0.3) is 0 Å². The van der Waals surface area contributed by atoms with E-state index in [0.717, 1.165) is 12.8 Å². The summed E-state index contributed by atoms with van der Waals surface area (Å²) in [6, 6.07) is -1.40. The van der Waals surface area contributed by atoms with Gasteiger partial charge in [0.2, 0.25) is 11.8 Å². The number of carboxylic acid groups (broad SMARTS) is 1. The van der Waals surface area contributed by atoms with Crippen LogP contribution in [0, 0.1) is 17.8 Å². The van der Waals surface area contributed by atoms with Gasteiger partial charge in [-0.25, -0.2) is 0 Å². The number of hydrogen-bond acceptors (Lipinski definition) is 5. The van der Waals surface area contributed by atoms with Crippen LogP contribution in [-0.2, 0) is 14.4 Å². The first-order chi connectivity index (χ1) is 15.1. The molecular formula is C23H35BrN2O5S. The molecule has 2 bridgehead atoms. The Bertz CT molecular complexity index is 779. The molecule has 9 heteroatoms. The molecule has 3 heterocycles. The fourth-order valence-electron chi connectivity index (χ4n) is 5.96. The number of halogens is 1. The highest BCUT2D eigenvalue weighted by atomic mass is 79.9. The predicted octanol–water partition coefficient (Wildman–Crippen LogP) is 2.76. The summed E-state index contributed by atoms with van der Waals surface area (Å²) in [5, 5.41) is 20.0. The topological polar surface area (TPSA) is 98.2 Å². The average Bonchev–Trinajstić information content (AvgIpc) is 3.30. The number of aliphatic hydroxyl groups is 1. The molecule has 0 saturated carbocycles. The van der Waals surface area contributed by atoms with E-state index in [-0.39, 0.29) is 40.5 Å². The fraction of sp³-hybridized carbons (Fsp3) is 0.783. The van der Waals surface area contributed by atoms with Crippen LogP contribution in [0.3, 0.4) is 0 Å².